The van der Waals surface area contributed by atoms with Crippen molar-refractivity contribution in [3.05, 3.63) is 34.1 Å². The Bertz CT molecular complexity index is 529. The number of nitrogens with zero attached hydrogens (tertiary/aromatic N) is 1. The van der Waals surface area contributed by atoms with Crippen molar-refractivity contribution < 1.29 is 9.18 Å². The summed E-state index contributed by atoms with van der Waals surface area (Å²) in [5, 5.41) is 3.56. The molecule has 122 valence electrons. The minimum atomic E-state index is -0.329. The highest BCUT2D eigenvalue weighted by atomic mass is 79.9. The van der Waals surface area contributed by atoms with E-state index in [-0.39, 0.29) is 24.1 Å². The van der Waals surface area contributed by atoms with Crippen LogP contribution in [0.15, 0.2) is 22.7 Å². The van der Waals surface area contributed by atoms with E-state index in [1.165, 1.54) is 25.0 Å². The van der Waals surface area contributed by atoms with Crippen LogP contribution in [0.3, 0.4) is 0 Å². The first kappa shape index (κ1) is 17.7. The van der Waals surface area contributed by atoms with Gasteiger partial charge in [0.1, 0.15) is 5.82 Å². The summed E-state index contributed by atoms with van der Waals surface area (Å²) in [6.45, 7) is 2.73. The summed E-state index contributed by atoms with van der Waals surface area (Å²) in [6.07, 6.45) is 4.65. The number of halogens is 3. The minimum Gasteiger partial charge on any atom is -0.339 e. The number of rotatable bonds is 2. The quantitative estimate of drug-likeness (QED) is 0.835. The molecule has 6 heteroatoms. The van der Waals surface area contributed by atoms with Gasteiger partial charge >= 0.3 is 0 Å². The van der Waals surface area contributed by atoms with Gasteiger partial charge in [0.25, 0.3) is 5.91 Å². The maximum Gasteiger partial charge on any atom is 0.255 e. The van der Waals surface area contributed by atoms with Gasteiger partial charge in [0, 0.05) is 23.6 Å². The summed E-state index contributed by atoms with van der Waals surface area (Å²) in [5.41, 5.74) is 0.550. The Labute approximate surface area is 145 Å². The van der Waals surface area contributed by atoms with E-state index < -0.39 is 0 Å². The molecular formula is C16H21BrClFN2O. The van der Waals surface area contributed by atoms with E-state index in [0.29, 0.717) is 22.0 Å². The molecule has 0 saturated carbocycles. The van der Waals surface area contributed by atoms with Gasteiger partial charge in [-0.3, -0.25) is 4.79 Å². The lowest BCUT2D eigenvalue weighted by atomic mass is 9.88. The first-order valence-electron chi connectivity index (χ1n) is 7.63. The standard InChI is InChI=1S/C16H20BrFN2O.ClH/c17-14-10-12(18)3-4-13(14)16(21)20-8-5-11(6-9-20)15-2-1-7-19-15;/h3-4,10-11,15,19H,1-2,5-9H2;1H. The van der Waals surface area contributed by atoms with E-state index in [0.717, 1.165) is 32.5 Å². The van der Waals surface area contributed by atoms with E-state index in [2.05, 4.69) is 21.2 Å². The highest BCUT2D eigenvalue weighted by molar-refractivity contribution is 9.10. The molecule has 0 bridgehead atoms. The molecule has 3 rings (SSSR count). The van der Waals surface area contributed by atoms with Gasteiger partial charge in [-0.1, -0.05) is 0 Å². The summed E-state index contributed by atoms with van der Waals surface area (Å²) in [4.78, 5) is 14.4. The second-order valence-corrected chi connectivity index (χ2v) is 6.81. The number of nitrogens with one attached hydrogen (secondary N) is 1. The first-order chi connectivity index (χ1) is 10.1. The molecule has 3 nitrogen and oxygen atoms in total. The molecule has 2 saturated heterocycles. The molecule has 1 amide bonds. The van der Waals surface area contributed by atoms with E-state index >= 15 is 0 Å². The van der Waals surface area contributed by atoms with Gasteiger partial charge in [0.2, 0.25) is 0 Å². The van der Waals surface area contributed by atoms with Crippen LogP contribution in [0.5, 0.6) is 0 Å². The molecule has 2 heterocycles. The van der Waals surface area contributed by atoms with Crippen LogP contribution >= 0.6 is 28.3 Å². The Balaban J connectivity index is 0.00000176. The molecule has 1 atom stereocenters. The Morgan fingerprint density at radius 1 is 1.27 bits per heavy atom. The number of carbonyl (C=O) groups excluding carboxylic acids is 1. The number of benzene rings is 1. The maximum atomic E-state index is 13.1. The van der Waals surface area contributed by atoms with E-state index in [1.807, 2.05) is 4.90 Å². The second kappa shape index (κ2) is 7.75. The number of likely N-dealkylation sites (tertiary alicyclic amines) is 1. The molecule has 1 aromatic rings. The Morgan fingerprint density at radius 2 is 2.00 bits per heavy atom. The average Bonchev–Trinajstić information content (AvgIpc) is 3.01. The van der Waals surface area contributed by atoms with Gasteiger partial charge in [0.05, 0.1) is 5.56 Å². The molecular weight excluding hydrogens is 371 g/mol. The monoisotopic (exact) mass is 390 g/mol. The summed E-state index contributed by atoms with van der Waals surface area (Å²) in [7, 11) is 0. The fourth-order valence-corrected chi connectivity index (χ4v) is 3.97. The van der Waals surface area contributed by atoms with Crippen molar-refractivity contribution in [2.45, 2.75) is 31.7 Å². The number of hydrogen-bond donors (Lipinski definition) is 1. The predicted octanol–water partition coefficient (Wildman–Crippen LogP) is 3.61. The van der Waals surface area contributed by atoms with E-state index in [4.69, 9.17) is 0 Å². The average molecular weight is 392 g/mol. The number of carbonyl (C=O) groups is 1. The second-order valence-electron chi connectivity index (χ2n) is 5.96. The molecule has 1 N–H and O–H groups in total. The number of amides is 1. The first-order valence-corrected chi connectivity index (χ1v) is 8.42. The smallest absolute Gasteiger partial charge is 0.255 e. The van der Waals surface area contributed by atoms with Crippen LogP contribution in [0.1, 0.15) is 36.0 Å². The number of piperidine rings is 1. The third-order valence-electron chi connectivity index (χ3n) is 4.66. The van der Waals surface area contributed by atoms with Gasteiger partial charge < -0.3 is 10.2 Å². The lowest BCUT2D eigenvalue weighted by molar-refractivity contribution is 0.0673. The van der Waals surface area contributed by atoms with Crippen molar-refractivity contribution in [3.8, 4) is 0 Å². The molecule has 2 fully saturated rings. The van der Waals surface area contributed by atoms with Gasteiger partial charge in [-0.25, -0.2) is 4.39 Å². The van der Waals surface area contributed by atoms with Crippen molar-refractivity contribution in [3.63, 3.8) is 0 Å². The zero-order chi connectivity index (χ0) is 14.8. The van der Waals surface area contributed by atoms with Crippen LogP contribution in [-0.2, 0) is 0 Å². The zero-order valence-electron chi connectivity index (χ0n) is 12.4. The van der Waals surface area contributed by atoms with Crippen molar-refractivity contribution in [1.29, 1.82) is 0 Å². The SMILES string of the molecule is Cl.O=C(c1ccc(F)cc1Br)N1CCC(C2CCCN2)CC1. The third-order valence-corrected chi connectivity index (χ3v) is 5.31. The fraction of sp³-hybridized carbons (Fsp3) is 0.562. The maximum absolute atomic E-state index is 13.1. The van der Waals surface area contributed by atoms with Crippen LogP contribution in [0.4, 0.5) is 4.39 Å². The lowest BCUT2D eigenvalue weighted by Crippen LogP contribution is -2.43. The van der Waals surface area contributed by atoms with Gasteiger partial charge in [-0.15, -0.1) is 12.4 Å². The topological polar surface area (TPSA) is 32.3 Å². The van der Waals surface area contributed by atoms with Gasteiger partial charge in [-0.2, -0.15) is 0 Å². The Morgan fingerprint density at radius 3 is 2.59 bits per heavy atom. The molecule has 0 aliphatic carbocycles. The molecule has 1 unspecified atom stereocenters. The van der Waals surface area contributed by atoms with Crippen LogP contribution < -0.4 is 5.32 Å². The molecule has 2 aliphatic rings. The molecule has 2 aliphatic heterocycles. The Hall–Kier alpha value is -0.650. The van der Waals surface area contributed by atoms with Crippen molar-refractivity contribution in [2.75, 3.05) is 19.6 Å². The van der Waals surface area contributed by atoms with Crippen molar-refractivity contribution in [2.24, 2.45) is 5.92 Å². The minimum absolute atomic E-state index is 0. The summed E-state index contributed by atoms with van der Waals surface area (Å²) in [6, 6.07) is 4.89. The van der Waals surface area contributed by atoms with Crippen LogP contribution in [-0.4, -0.2) is 36.5 Å². The summed E-state index contributed by atoms with van der Waals surface area (Å²) in [5.74, 6) is 0.359. The largest absolute Gasteiger partial charge is 0.339 e. The molecule has 22 heavy (non-hydrogen) atoms. The fourth-order valence-electron chi connectivity index (χ4n) is 3.45. The molecule has 1 aromatic carbocycles. The van der Waals surface area contributed by atoms with Crippen molar-refractivity contribution >= 4 is 34.2 Å². The summed E-state index contributed by atoms with van der Waals surface area (Å²) >= 11 is 3.28. The van der Waals surface area contributed by atoms with Crippen LogP contribution in [0, 0.1) is 11.7 Å². The van der Waals surface area contributed by atoms with Gasteiger partial charge in [-0.05, 0) is 72.3 Å². The third kappa shape index (κ3) is 3.81. The zero-order valence-corrected chi connectivity index (χ0v) is 14.8. The Kier molecular flexibility index (Phi) is 6.24. The van der Waals surface area contributed by atoms with Crippen LogP contribution in [0.2, 0.25) is 0 Å². The van der Waals surface area contributed by atoms with Crippen LogP contribution in [0.25, 0.3) is 0 Å². The van der Waals surface area contributed by atoms with Crippen molar-refractivity contribution in [1.82, 2.24) is 10.2 Å². The molecule has 0 aromatic heterocycles. The molecule has 0 radical (unpaired) electrons. The van der Waals surface area contributed by atoms with E-state index in [1.54, 1.807) is 6.07 Å². The molecule has 0 spiro atoms. The predicted molar refractivity (Wildman–Crippen MR) is 91.0 cm³/mol. The highest BCUT2D eigenvalue weighted by Gasteiger charge is 2.30. The van der Waals surface area contributed by atoms with E-state index in [9.17, 15) is 9.18 Å². The van der Waals surface area contributed by atoms with Gasteiger partial charge in [0.15, 0.2) is 0 Å². The highest BCUT2D eigenvalue weighted by Crippen LogP contribution is 2.27. The normalized spacial score (nSPS) is 22.5. The summed E-state index contributed by atoms with van der Waals surface area (Å²) < 4.78 is 13.6. The lowest BCUT2D eigenvalue weighted by Gasteiger charge is -2.35. The number of hydrogen-bond acceptors (Lipinski definition) is 2.